The van der Waals surface area contributed by atoms with E-state index in [0.717, 1.165) is 16.9 Å². The highest BCUT2D eigenvalue weighted by atomic mass is 16.5. The van der Waals surface area contributed by atoms with E-state index in [4.69, 9.17) is 14.2 Å². The summed E-state index contributed by atoms with van der Waals surface area (Å²) in [7, 11) is 3.21. The van der Waals surface area contributed by atoms with Crippen molar-refractivity contribution in [3.63, 3.8) is 0 Å². The van der Waals surface area contributed by atoms with Crippen LogP contribution in [0.4, 0.5) is 5.82 Å². The number of carbonyl (C=O) groups is 1. The second kappa shape index (κ2) is 8.26. The Labute approximate surface area is 169 Å². The normalized spacial score (nSPS) is 15.2. The fourth-order valence-electron chi connectivity index (χ4n) is 3.63. The van der Waals surface area contributed by atoms with Crippen molar-refractivity contribution in [3.05, 3.63) is 65.9 Å². The van der Waals surface area contributed by atoms with Crippen molar-refractivity contribution in [2.45, 2.75) is 18.9 Å². The zero-order valence-corrected chi connectivity index (χ0v) is 16.4. The van der Waals surface area contributed by atoms with Gasteiger partial charge in [0.1, 0.15) is 11.6 Å². The summed E-state index contributed by atoms with van der Waals surface area (Å²) in [6.07, 6.45) is 2.31. The smallest absolute Gasteiger partial charge is 0.233 e. The molecule has 0 bridgehead atoms. The highest BCUT2D eigenvalue weighted by molar-refractivity contribution is 5.95. The van der Waals surface area contributed by atoms with E-state index in [1.54, 1.807) is 31.2 Å². The summed E-state index contributed by atoms with van der Waals surface area (Å²) < 4.78 is 18.3. The van der Waals surface area contributed by atoms with Crippen LogP contribution in [0.2, 0.25) is 0 Å². The Balaban J connectivity index is 1.55. The number of anilines is 1. The van der Waals surface area contributed by atoms with Crippen LogP contribution in [0.5, 0.6) is 17.2 Å². The number of carbonyl (C=O) groups excluding carboxylic acids is 1. The molecule has 1 aliphatic rings. The molecule has 29 heavy (non-hydrogen) atoms. The largest absolute Gasteiger partial charge is 0.493 e. The third-order valence-corrected chi connectivity index (χ3v) is 5.05. The van der Waals surface area contributed by atoms with E-state index in [2.05, 4.69) is 10.4 Å². The number of hydrogen-bond acceptors (Lipinski definition) is 5. The molecule has 7 nitrogen and oxygen atoms in total. The van der Waals surface area contributed by atoms with Crippen molar-refractivity contribution in [1.82, 2.24) is 9.78 Å². The van der Waals surface area contributed by atoms with Crippen LogP contribution in [-0.4, -0.2) is 36.5 Å². The van der Waals surface area contributed by atoms with Gasteiger partial charge in [-0.25, -0.2) is 4.68 Å². The van der Waals surface area contributed by atoms with E-state index >= 15 is 0 Å². The second-order valence-corrected chi connectivity index (χ2v) is 6.74. The second-order valence-electron chi connectivity index (χ2n) is 6.74. The summed E-state index contributed by atoms with van der Waals surface area (Å²) in [5.74, 6) is 2.38. The van der Waals surface area contributed by atoms with Crippen molar-refractivity contribution < 1.29 is 19.0 Å². The first-order valence-electron chi connectivity index (χ1n) is 9.45. The van der Waals surface area contributed by atoms with Gasteiger partial charge < -0.3 is 19.5 Å². The van der Waals surface area contributed by atoms with Gasteiger partial charge in [-0.15, -0.1) is 0 Å². The van der Waals surface area contributed by atoms with Gasteiger partial charge in [-0.2, -0.15) is 5.10 Å². The predicted molar refractivity (Wildman–Crippen MR) is 109 cm³/mol. The lowest BCUT2D eigenvalue weighted by Gasteiger charge is -2.25. The quantitative estimate of drug-likeness (QED) is 0.694. The van der Waals surface area contributed by atoms with Gasteiger partial charge >= 0.3 is 0 Å². The van der Waals surface area contributed by atoms with Crippen LogP contribution in [0.15, 0.2) is 54.7 Å². The van der Waals surface area contributed by atoms with Crippen molar-refractivity contribution in [2.75, 3.05) is 26.1 Å². The fourth-order valence-corrected chi connectivity index (χ4v) is 3.63. The average Bonchev–Trinajstić information content (AvgIpc) is 3.19. The summed E-state index contributed by atoms with van der Waals surface area (Å²) in [5.41, 5.74) is 1.82. The van der Waals surface area contributed by atoms with E-state index in [1.807, 2.05) is 42.5 Å². The molecule has 3 aromatic rings. The number of para-hydroxylation sites is 2. The minimum absolute atomic E-state index is 0.0693. The van der Waals surface area contributed by atoms with Gasteiger partial charge in [-0.05, 0) is 18.6 Å². The fraction of sp³-hybridized carbons (Fsp3) is 0.273. The molecular formula is C22H23N3O4. The van der Waals surface area contributed by atoms with Gasteiger partial charge in [0.2, 0.25) is 5.91 Å². The van der Waals surface area contributed by atoms with Gasteiger partial charge in [0, 0.05) is 17.2 Å². The molecule has 1 unspecified atom stereocenters. The number of fused-ring (bicyclic) bond motifs is 1. The summed E-state index contributed by atoms with van der Waals surface area (Å²) >= 11 is 0. The maximum atomic E-state index is 13.0. The average molecular weight is 393 g/mol. The van der Waals surface area contributed by atoms with E-state index in [-0.39, 0.29) is 11.8 Å². The first-order chi connectivity index (χ1) is 14.2. The number of nitrogens with zero attached hydrogens (tertiary/aromatic N) is 2. The molecular weight excluding hydrogens is 370 g/mol. The first-order valence-corrected chi connectivity index (χ1v) is 9.45. The number of amides is 1. The van der Waals surface area contributed by atoms with Gasteiger partial charge in [0.05, 0.1) is 39.5 Å². The van der Waals surface area contributed by atoms with Crippen LogP contribution in [0.25, 0.3) is 0 Å². The van der Waals surface area contributed by atoms with Crippen LogP contribution >= 0.6 is 0 Å². The number of nitrogens with one attached hydrogen (secondary N) is 1. The minimum Gasteiger partial charge on any atom is -0.493 e. The van der Waals surface area contributed by atoms with Gasteiger partial charge in [-0.1, -0.05) is 30.3 Å². The van der Waals surface area contributed by atoms with Crippen molar-refractivity contribution in [1.29, 1.82) is 0 Å². The maximum Gasteiger partial charge on any atom is 0.233 e. The number of benzene rings is 2. The molecule has 0 aliphatic carbocycles. The molecule has 0 spiro atoms. The number of ether oxygens (including phenoxy) is 3. The molecule has 0 radical (unpaired) electrons. The summed E-state index contributed by atoms with van der Waals surface area (Å²) in [6, 6.07) is 15.2. The third-order valence-electron chi connectivity index (χ3n) is 5.05. The molecule has 0 saturated carbocycles. The molecule has 2 aromatic carbocycles. The van der Waals surface area contributed by atoms with E-state index in [9.17, 15) is 4.79 Å². The van der Waals surface area contributed by atoms with Crippen LogP contribution < -0.4 is 19.5 Å². The standard InChI is InChI=1S/C22H23N3O4/c1-27-19-9-5-6-15(21(19)28-2)14-25-20(10-12-23-25)24-22(26)17-11-13-29-18-8-4-3-7-16(17)18/h3-10,12,17H,11,13-14H2,1-2H3,(H,24,26). The lowest BCUT2D eigenvalue weighted by molar-refractivity contribution is -0.118. The molecule has 150 valence electrons. The number of rotatable bonds is 6. The van der Waals surface area contributed by atoms with Crippen molar-refractivity contribution >= 4 is 11.7 Å². The monoisotopic (exact) mass is 393 g/mol. The van der Waals surface area contributed by atoms with E-state index in [0.29, 0.717) is 36.9 Å². The van der Waals surface area contributed by atoms with Crippen LogP contribution in [-0.2, 0) is 11.3 Å². The molecule has 4 rings (SSSR count). The Morgan fingerprint density at radius 2 is 2.03 bits per heavy atom. The number of aromatic nitrogens is 2. The lowest BCUT2D eigenvalue weighted by Crippen LogP contribution is -2.27. The maximum absolute atomic E-state index is 13.0. The number of methoxy groups -OCH3 is 2. The Bertz CT molecular complexity index is 1010. The SMILES string of the molecule is COc1cccc(Cn2nccc2NC(=O)C2CCOc3ccccc32)c1OC. The third kappa shape index (κ3) is 3.76. The molecule has 0 fully saturated rings. The Morgan fingerprint density at radius 1 is 1.17 bits per heavy atom. The van der Waals surface area contributed by atoms with Gasteiger partial charge in [-0.3, -0.25) is 4.79 Å². The van der Waals surface area contributed by atoms with Gasteiger partial charge in [0.15, 0.2) is 11.5 Å². The molecule has 0 saturated heterocycles. The molecule has 1 N–H and O–H groups in total. The first kappa shape index (κ1) is 18.9. The Hall–Kier alpha value is -3.48. The van der Waals surface area contributed by atoms with Crippen molar-refractivity contribution in [3.8, 4) is 17.2 Å². The van der Waals surface area contributed by atoms with E-state index < -0.39 is 0 Å². The molecule has 1 atom stereocenters. The van der Waals surface area contributed by atoms with E-state index in [1.165, 1.54) is 0 Å². The zero-order chi connectivity index (χ0) is 20.2. The molecule has 1 amide bonds. The topological polar surface area (TPSA) is 74.6 Å². The minimum atomic E-state index is -0.255. The number of hydrogen-bond donors (Lipinski definition) is 1. The lowest BCUT2D eigenvalue weighted by atomic mass is 9.92. The Kier molecular flexibility index (Phi) is 5.37. The highest BCUT2D eigenvalue weighted by Gasteiger charge is 2.28. The predicted octanol–water partition coefficient (Wildman–Crippen LogP) is 3.45. The van der Waals surface area contributed by atoms with Crippen LogP contribution in [0.3, 0.4) is 0 Å². The summed E-state index contributed by atoms with van der Waals surface area (Å²) in [6.45, 7) is 0.961. The molecule has 7 heteroatoms. The summed E-state index contributed by atoms with van der Waals surface area (Å²) in [5, 5.41) is 7.39. The molecule has 1 aliphatic heterocycles. The van der Waals surface area contributed by atoms with Gasteiger partial charge in [0.25, 0.3) is 0 Å². The Morgan fingerprint density at radius 3 is 2.86 bits per heavy atom. The zero-order valence-electron chi connectivity index (χ0n) is 16.4. The van der Waals surface area contributed by atoms with Crippen molar-refractivity contribution in [2.24, 2.45) is 0 Å². The highest BCUT2D eigenvalue weighted by Crippen LogP contribution is 2.34. The van der Waals surface area contributed by atoms with Crippen LogP contribution in [0, 0.1) is 0 Å². The summed E-state index contributed by atoms with van der Waals surface area (Å²) in [4.78, 5) is 13.0. The molecule has 1 aromatic heterocycles. The van der Waals surface area contributed by atoms with Crippen LogP contribution in [0.1, 0.15) is 23.5 Å². The molecule has 2 heterocycles.